The van der Waals surface area contributed by atoms with E-state index in [1.165, 1.54) is 23.3 Å². The van der Waals surface area contributed by atoms with Crippen molar-refractivity contribution in [3.8, 4) is 5.82 Å². The molecular formula is C18H18N6O3S. The summed E-state index contributed by atoms with van der Waals surface area (Å²) >= 11 is 0. The van der Waals surface area contributed by atoms with Crippen LogP contribution in [0.2, 0.25) is 0 Å². The van der Waals surface area contributed by atoms with E-state index in [0.717, 1.165) is 5.39 Å². The lowest BCUT2D eigenvalue weighted by atomic mass is 10.2. The molecule has 2 N–H and O–H groups in total. The molecule has 28 heavy (non-hydrogen) atoms. The van der Waals surface area contributed by atoms with Crippen molar-refractivity contribution in [3.63, 3.8) is 0 Å². The van der Waals surface area contributed by atoms with Crippen LogP contribution in [0.4, 0.5) is 5.69 Å². The molecule has 1 atom stereocenters. The number of rotatable bonds is 5. The molecule has 0 radical (unpaired) electrons. The van der Waals surface area contributed by atoms with Gasteiger partial charge >= 0.3 is 0 Å². The molecule has 144 valence electrons. The van der Waals surface area contributed by atoms with Gasteiger partial charge in [0.25, 0.3) is 10.0 Å². The van der Waals surface area contributed by atoms with Crippen molar-refractivity contribution >= 4 is 26.6 Å². The minimum absolute atomic E-state index is 0.00378. The van der Waals surface area contributed by atoms with Gasteiger partial charge < -0.3 is 5.11 Å². The Balaban J connectivity index is 1.68. The van der Waals surface area contributed by atoms with Crippen LogP contribution in [0.5, 0.6) is 0 Å². The molecule has 3 heterocycles. The average Bonchev–Trinajstić information content (AvgIpc) is 3.30. The summed E-state index contributed by atoms with van der Waals surface area (Å²) in [4.78, 5) is 4.18. The number of nitrogens with one attached hydrogen (secondary N) is 1. The van der Waals surface area contributed by atoms with Crippen LogP contribution in [0.15, 0.2) is 60.0 Å². The van der Waals surface area contributed by atoms with Gasteiger partial charge in [-0.3, -0.25) is 9.40 Å². The summed E-state index contributed by atoms with van der Waals surface area (Å²) in [5.41, 5.74) is 1.77. The number of benzene rings is 1. The number of para-hydroxylation sites is 1. The summed E-state index contributed by atoms with van der Waals surface area (Å²) in [6.45, 7) is 1.64. The van der Waals surface area contributed by atoms with Crippen LogP contribution in [-0.4, -0.2) is 38.1 Å². The molecule has 9 nitrogen and oxygen atoms in total. The van der Waals surface area contributed by atoms with E-state index in [9.17, 15) is 13.5 Å². The number of anilines is 1. The summed E-state index contributed by atoms with van der Waals surface area (Å²) in [6.07, 6.45) is 5.17. The highest BCUT2D eigenvalue weighted by Crippen LogP contribution is 2.25. The topological polar surface area (TPSA) is 115 Å². The molecule has 4 rings (SSSR count). The van der Waals surface area contributed by atoms with Crippen molar-refractivity contribution in [1.29, 1.82) is 0 Å². The number of aryl methyl sites for hydroxylation is 1. The Kier molecular flexibility index (Phi) is 4.36. The third-order valence-corrected chi connectivity index (χ3v) is 5.68. The molecule has 0 aliphatic carbocycles. The number of aliphatic hydroxyl groups excluding tert-OH is 1. The molecule has 4 aromatic rings. The summed E-state index contributed by atoms with van der Waals surface area (Å²) < 4.78 is 31.2. The minimum Gasteiger partial charge on any atom is -0.389 e. The largest absolute Gasteiger partial charge is 0.389 e. The lowest BCUT2D eigenvalue weighted by Crippen LogP contribution is -2.13. The molecular weight excluding hydrogens is 380 g/mol. The Bertz CT molecular complexity index is 1260. The summed E-state index contributed by atoms with van der Waals surface area (Å²) in [6, 6.07) is 8.64. The summed E-state index contributed by atoms with van der Waals surface area (Å²) in [7, 11) is -2.12. The van der Waals surface area contributed by atoms with Gasteiger partial charge in [0.15, 0.2) is 5.82 Å². The molecule has 0 saturated heterocycles. The van der Waals surface area contributed by atoms with Gasteiger partial charge in [0.1, 0.15) is 4.90 Å². The van der Waals surface area contributed by atoms with E-state index in [2.05, 4.69) is 19.9 Å². The third-order valence-electron chi connectivity index (χ3n) is 4.36. The molecule has 3 aromatic heterocycles. The molecule has 0 amide bonds. The predicted octanol–water partition coefficient (Wildman–Crippen LogP) is 2.01. The molecule has 1 aromatic carbocycles. The second-order valence-corrected chi connectivity index (χ2v) is 8.04. The molecule has 0 saturated carbocycles. The maximum absolute atomic E-state index is 12.8. The van der Waals surface area contributed by atoms with Gasteiger partial charge in [-0.05, 0) is 30.7 Å². The maximum Gasteiger partial charge on any atom is 0.265 e. The highest BCUT2D eigenvalue weighted by Gasteiger charge is 2.19. The van der Waals surface area contributed by atoms with Crippen molar-refractivity contribution in [3.05, 3.63) is 60.7 Å². The number of fused-ring (bicyclic) bond motifs is 1. The number of pyridine rings is 1. The van der Waals surface area contributed by atoms with Crippen LogP contribution >= 0.6 is 0 Å². The highest BCUT2D eigenvalue weighted by atomic mass is 32.2. The van der Waals surface area contributed by atoms with Crippen LogP contribution < -0.4 is 4.72 Å². The zero-order valence-corrected chi connectivity index (χ0v) is 16.0. The van der Waals surface area contributed by atoms with E-state index in [4.69, 9.17) is 0 Å². The SMILES string of the molecule is CC(O)c1ccnc(-n2cc(S(=O)(=O)Nc3cccc4cnn(C)c34)cn2)c1. The molecule has 10 heteroatoms. The van der Waals surface area contributed by atoms with Crippen LogP contribution in [0.1, 0.15) is 18.6 Å². The van der Waals surface area contributed by atoms with Gasteiger partial charge in [-0.2, -0.15) is 10.2 Å². The Morgan fingerprint density at radius 1 is 1.18 bits per heavy atom. The van der Waals surface area contributed by atoms with Gasteiger partial charge in [0.2, 0.25) is 0 Å². The van der Waals surface area contributed by atoms with Gasteiger partial charge in [-0.1, -0.05) is 12.1 Å². The molecule has 0 spiro atoms. The first-order chi connectivity index (χ1) is 13.3. The number of aliphatic hydroxyl groups is 1. The van der Waals surface area contributed by atoms with E-state index in [1.54, 1.807) is 49.1 Å². The second-order valence-electron chi connectivity index (χ2n) is 6.36. The van der Waals surface area contributed by atoms with Crippen molar-refractivity contribution < 1.29 is 13.5 Å². The van der Waals surface area contributed by atoms with E-state index in [0.29, 0.717) is 22.6 Å². The van der Waals surface area contributed by atoms with Crippen LogP contribution in [0.25, 0.3) is 16.7 Å². The quantitative estimate of drug-likeness (QED) is 0.531. The van der Waals surface area contributed by atoms with E-state index in [1.807, 2.05) is 6.07 Å². The highest BCUT2D eigenvalue weighted by molar-refractivity contribution is 7.92. The van der Waals surface area contributed by atoms with Gasteiger partial charge in [0, 0.05) is 18.6 Å². The standard InChI is InChI=1S/C18H18N6O3S/c1-12(25)13-6-7-19-17(8-13)24-11-15(10-21-24)28(26,27)22-16-5-3-4-14-9-20-23(2)18(14)16/h3-12,22,25H,1-2H3. The molecule has 0 bridgehead atoms. The van der Waals surface area contributed by atoms with Crippen LogP contribution in [0, 0.1) is 0 Å². The molecule has 1 unspecified atom stereocenters. The minimum atomic E-state index is -3.86. The smallest absolute Gasteiger partial charge is 0.265 e. The zero-order chi connectivity index (χ0) is 19.9. The number of nitrogens with zero attached hydrogens (tertiary/aromatic N) is 5. The van der Waals surface area contributed by atoms with Crippen molar-refractivity contribution in [1.82, 2.24) is 24.5 Å². The van der Waals surface area contributed by atoms with Crippen molar-refractivity contribution in [2.24, 2.45) is 7.05 Å². The number of hydrogen-bond acceptors (Lipinski definition) is 6. The normalized spacial score (nSPS) is 13.0. The lowest BCUT2D eigenvalue weighted by molar-refractivity contribution is 0.199. The Labute approximate surface area is 161 Å². The van der Waals surface area contributed by atoms with Crippen molar-refractivity contribution in [2.75, 3.05) is 4.72 Å². The maximum atomic E-state index is 12.8. The zero-order valence-electron chi connectivity index (χ0n) is 15.2. The summed E-state index contributed by atoms with van der Waals surface area (Å²) in [5.74, 6) is 0.411. The van der Waals surface area contributed by atoms with Gasteiger partial charge in [-0.15, -0.1) is 0 Å². The average molecular weight is 398 g/mol. The van der Waals surface area contributed by atoms with E-state index >= 15 is 0 Å². The Hall–Kier alpha value is -3.24. The molecule has 0 aliphatic rings. The lowest BCUT2D eigenvalue weighted by Gasteiger charge is -2.08. The first-order valence-corrected chi connectivity index (χ1v) is 9.96. The number of aromatic nitrogens is 5. The van der Waals surface area contributed by atoms with Crippen LogP contribution in [-0.2, 0) is 17.1 Å². The predicted molar refractivity (Wildman–Crippen MR) is 104 cm³/mol. The Morgan fingerprint density at radius 2 is 2.00 bits per heavy atom. The monoisotopic (exact) mass is 398 g/mol. The Morgan fingerprint density at radius 3 is 2.79 bits per heavy atom. The van der Waals surface area contributed by atoms with E-state index in [-0.39, 0.29) is 4.90 Å². The van der Waals surface area contributed by atoms with Gasteiger partial charge in [-0.25, -0.2) is 18.1 Å². The fraction of sp³-hybridized carbons (Fsp3) is 0.167. The third kappa shape index (κ3) is 3.23. The van der Waals surface area contributed by atoms with Gasteiger partial charge in [0.05, 0.1) is 35.9 Å². The number of hydrogen-bond donors (Lipinski definition) is 2. The van der Waals surface area contributed by atoms with Crippen molar-refractivity contribution in [2.45, 2.75) is 17.9 Å². The van der Waals surface area contributed by atoms with E-state index < -0.39 is 16.1 Å². The summed E-state index contributed by atoms with van der Waals surface area (Å²) in [5, 5.41) is 18.8. The molecule has 0 fully saturated rings. The first-order valence-electron chi connectivity index (χ1n) is 8.48. The number of sulfonamides is 1. The second kappa shape index (κ2) is 6.73. The fourth-order valence-electron chi connectivity index (χ4n) is 2.91. The fourth-order valence-corrected chi connectivity index (χ4v) is 3.91. The first kappa shape index (κ1) is 18.1. The molecule has 0 aliphatic heterocycles. The van der Waals surface area contributed by atoms with Crippen LogP contribution in [0.3, 0.4) is 0 Å².